The summed E-state index contributed by atoms with van der Waals surface area (Å²) in [5, 5.41) is 0. The van der Waals surface area contributed by atoms with E-state index in [4.69, 9.17) is 9.47 Å². The maximum absolute atomic E-state index is 11.8. The summed E-state index contributed by atoms with van der Waals surface area (Å²) in [5.74, 6) is -0.196. The average molecular weight is 412 g/mol. The van der Waals surface area contributed by atoms with Gasteiger partial charge in [0.2, 0.25) is 0 Å². The molecule has 29 heavy (non-hydrogen) atoms. The molecule has 0 spiro atoms. The monoisotopic (exact) mass is 411 g/mol. The van der Waals surface area contributed by atoms with E-state index in [2.05, 4.69) is 26.5 Å². The second kappa shape index (κ2) is 10.6. The van der Waals surface area contributed by atoms with Gasteiger partial charge in [0.25, 0.3) is 0 Å². The predicted molar refractivity (Wildman–Crippen MR) is 110 cm³/mol. The minimum absolute atomic E-state index is 0.189. The third-order valence-electron chi connectivity index (χ3n) is 6.47. The molecule has 166 valence electrons. The van der Waals surface area contributed by atoms with Gasteiger partial charge in [-0.05, 0) is 25.9 Å². The summed E-state index contributed by atoms with van der Waals surface area (Å²) in [6.07, 6.45) is 1.70. The summed E-state index contributed by atoms with van der Waals surface area (Å²) in [7, 11) is 3.21. The molecule has 9 heteroatoms. The molecule has 3 fully saturated rings. The van der Waals surface area contributed by atoms with Crippen LogP contribution in [0.2, 0.25) is 0 Å². The fraction of sp³-hybridized carbons (Fsp3) is 0.900. The van der Waals surface area contributed by atoms with Crippen molar-refractivity contribution in [3.63, 3.8) is 0 Å². The lowest BCUT2D eigenvalue weighted by molar-refractivity contribution is -0.143. The Morgan fingerprint density at radius 2 is 1.76 bits per heavy atom. The van der Waals surface area contributed by atoms with Crippen LogP contribution in [0, 0.1) is 0 Å². The zero-order valence-electron chi connectivity index (χ0n) is 18.2. The number of carbonyl (C=O) groups excluding carboxylic acids is 2. The molecule has 3 aliphatic rings. The minimum atomic E-state index is -0.250. The summed E-state index contributed by atoms with van der Waals surface area (Å²) >= 11 is 0. The fourth-order valence-electron chi connectivity index (χ4n) is 4.57. The number of rotatable bonds is 8. The number of cyclic esters (lactones) is 1. The Balaban J connectivity index is 1.52. The highest BCUT2D eigenvalue weighted by Crippen LogP contribution is 2.22. The molecule has 0 aromatic heterocycles. The van der Waals surface area contributed by atoms with Crippen molar-refractivity contribution in [2.45, 2.75) is 32.0 Å². The van der Waals surface area contributed by atoms with E-state index in [1.807, 2.05) is 0 Å². The van der Waals surface area contributed by atoms with Crippen LogP contribution in [-0.4, -0.2) is 135 Å². The highest BCUT2D eigenvalue weighted by atomic mass is 16.6. The highest BCUT2D eigenvalue weighted by Gasteiger charge is 2.39. The number of esters is 1. The maximum Gasteiger partial charge on any atom is 0.411 e. The number of hydrogen-bond acceptors (Lipinski definition) is 8. The van der Waals surface area contributed by atoms with Gasteiger partial charge in [-0.3, -0.25) is 14.6 Å². The standard InChI is InChI=1S/C20H37N5O4/c1-4-22-8-10-23(11-9-22)7-5-6-17-14-24(16-19(26)28-3)12-13-25(17)18-15-21(2)20(27)29-18/h17-18H,4-16H2,1-3H3. The average Bonchev–Trinajstić information content (AvgIpc) is 3.06. The molecule has 2 atom stereocenters. The quantitative estimate of drug-likeness (QED) is 0.516. The molecule has 1 amide bonds. The lowest BCUT2D eigenvalue weighted by atomic mass is 10.0. The first-order valence-corrected chi connectivity index (χ1v) is 10.9. The van der Waals surface area contributed by atoms with Crippen molar-refractivity contribution in [1.29, 1.82) is 0 Å². The summed E-state index contributed by atoms with van der Waals surface area (Å²) in [6.45, 7) is 12.4. The summed E-state index contributed by atoms with van der Waals surface area (Å²) in [6, 6.07) is 0.273. The van der Waals surface area contributed by atoms with Crippen LogP contribution < -0.4 is 0 Å². The topological polar surface area (TPSA) is 68.8 Å². The number of ether oxygens (including phenoxy) is 2. The van der Waals surface area contributed by atoms with Crippen LogP contribution in [0.25, 0.3) is 0 Å². The summed E-state index contributed by atoms with van der Waals surface area (Å²) < 4.78 is 10.4. The first kappa shape index (κ1) is 22.3. The molecule has 0 radical (unpaired) electrons. The van der Waals surface area contributed by atoms with Gasteiger partial charge < -0.3 is 24.2 Å². The molecule has 0 bridgehead atoms. The van der Waals surface area contributed by atoms with Crippen LogP contribution >= 0.6 is 0 Å². The molecule has 0 aromatic rings. The Hall–Kier alpha value is -1.42. The van der Waals surface area contributed by atoms with Crippen LogP contribution in [0.4, 0.5) is 4.79 Å². The summed E-state index contributed by atoms with van der Waals surface area (Å²) in [5.41, 5.74) is 0. The number of hydrogen-bond donors (Lipinski definition) is 0. The zero-order valence-corrected chi connectivity index (χ0v) is 18.2. The summed E-state index contributed by atoms with van der Waals surface area (Å²) in [4.78, 5) is 34.7. The largest absolute Gasteiger partial charge is 0.468 e. The zero-order chi connectivity index (χ0) is 20.8. The first-order valence-electron chi connectivity index (χ1n) is 10.9. The van der Waals surface area contributed by atoms with Crippen molar-refractivity contribution in [2.75, 3.05) is 86.1 Å². The molecule has 3 heterocycles. The van der Waals surface area contributed by atoms with Gasteiger partial charge in [-0.25, -0.2) is 4.79 Å². The van der Waals surface area contributed by atoms with Gasteiger partial charge in [0.05, 0.1) is 20.2 Å². The van der Waals surface area contributed by atoms with Crippen LogP contribution in [-0.2, 0) is 14.3 Å². The number of amides is 1. The number of piperazine rings is 2. The SMILES string of the molecule is CCN1CCN(CCCC2CN(CC(=O)OC)CCN2C2CN(C)C(=O)O2)CC1. The van der Waals surface area contributed by atoms with E-state index in [1.165, 1.54) is 7.11 Å². The van der Waals surface area contributed by atoms with Gasteiger partial charge >= 0.3 is 12.1 Å². The van der Waals surface area contributed by atoms with Crippen molar-refractivity contribution in [3.8, 4) is 0 Å². The van der Waals surface area contributed by atoms with Crippen LogP contribution in [0.15, 0.2) is 0 Å². The van der Waals surface area contributed by atoms with Gasteiger partial charge in [0, 0.05) is 58.9 Å². The first-order chi connectivity index (χ1) is 14.0. The van der Waals surface area contributed by atoms with E-state index in [9.17, 15) is 9.59 Å². The fourth-order valence-corrected chi connectivity index (χ4v) is 4.57. The van der Waals surface area contributed by atoms with E-state index >= 15 is 0 Å². The van der Waals surface area contributed by atoms with Gasteiger partial charge in [0.15, 0.2) is 6.23 Å². The van der Waals surface area contributed by atoms with E-state index in [0.717, 1.165) is 71.7 Å². The Morgan fingerprint density at radius 1 is 1.07 bits per heavy atom. The van der Waals surface area contributed by atoms with Crippen LogP contribution in [0.1, 0.15) is 19.8 Å². The van der Waals surface area contributed by atoms with Gasteiger partial charge in [-0.1, -0.05) is 6.92 Å². The molecule has 0 aromatic carbocycles. The molecule has 3 rings (SSSR count). The number of nitrogens with zero attached hydrogens (tertiary/aromatic N) is 5. The van der Waals surface area contributed by atoms with E-state index in [0.29, 0.717) is 13.1 Å². The smallest absolute Gasteiger partial charge is 0.411 e. The van der Waals surface area contributed by atoms with Crippen molar-refractivity contribution in [1.82, 2.24) is 24.5 Å². The highest BCUT2D eigenvalue weighted by molar-refractivity contribution is 5.71. The second-order valence-electron chi connectivity index (χ2n) is 8.34. The van der Waals surface area contributed by atoms with E-state index in [1.54, 1.807) is 11.9 Å². The van der Waals surface area contributed by atoms with E-state index < -0.39 is 0 Å². The molecular weight excluding hydrogens is 374 g/mol. The Morgan fingerprint density at radius 3 is 2.38 bits per heavy atom. The Bertz CT molecular complexity index is 555. The predicted octanol–water partition coefficient (Wildman–Crippen LogP) is -0.0286. The molecular formula is C20H37N5O4. The molecule has 3 aliphatic heterocycles. The van der Waals surface area contributed by atoms with Crippen molar-refractivity contribution < 1.29 is 19.1 Å². The van der Waals surface area contributed by atoms with Crippen molar-refractivity contribution >= 4 is 12.1 Å². The maximum atomic E-state index is 11.8. The minimum Gasteiger partial charge on any atom is -0.468 e. The Labute approximate surface area is 174 Å². The number of likely N-dealkylation sites (N-methyl/N-ethyl adjacent to an activating group) is 2. The normalized spacial score (nSPS) is 28.0. The molecule has 3 saturated heterocycles. The lowest BCUT2D eigenvalue weighted by Gasteiger charge is -2.43. The molecule has 2 unspecified atom stereocenters. The third-order valence-corrected chi connectivity index (χ3v) is 6.47. The van der Waals surface area contributed by atoms with Crippen molar-refractivity contribution in [2.24, 2.45) is 0 Å². The van der Waals surface area contributed by atoms with Crippen LogP contribution in [0.3, 0.4) is 0 Å². The lowest BCUT2D eigenvalue weighted by Crippen LogP contribution is -2.58. The molecule has 0 aliphatic carbocycles. The molecule has 9 nitrogen and oxygen atoms in total. The number of methoxy groups -OCH3 is 1. The molecule has 0 N–H and O–H groups in total. The molecule has 0 saturated carbocycles. The van der Waals surface area contributed by atoms with Crippen LogP contribution in [0.5, 0.6) is 0 Å². The van der Waals surface area contributed by atoms with Gasteiger partial charge in [-0.15, -0.1) is 0 Å². The Kier molecular flexibility index (Phi) is 8.11. The van der Waals surface area contributed by atoms with Crippen molar-refractivity contribution in [3.05, 3.63) is 0 Å². The van der Waals surface area contributed by atoms with E-state index in [-0.39, 0.29) is 24.3 Å². The number of carbonyl (C=O) groups is 2. The second-order valence-corrected chi connectivity index (χ2v) is 8.34. The third kappa shape index (κ3) is 6.04. The van der Waals surface area contributed by atoms with Gasteiger partial charge in [-0.2, -0.15) is 0 Å². The van der Waals surface area contributed by atoms with Gasteiger partial charge in [0.1, 0.15) is 0 Å².